The standard InChI is InChI=1S/C20H20ClN3O3/c1-2-17-11-25-20(27-17,12-24-14-22-13-23-24)15-3-7-18(8-4-15)26-19-9-5-16(21)6-10-19/h3-10,13-14,17H,2,11-12H2,1H3. The van der Waals surface area contributed by atoms with Crippen molar-refractivity contribution in [3.63, 3.8) is 0 Å². The lowest BCUT2D eigenvalue weighted by Crippen LogP contribution is -2.33. The molecule has 1 aromatic heterocycles. The maximum absolute atomic E-state index is 6.26. The molecule has 2 aromatic carbocycles. The summed E-state index contributed by atoms with van der Waals surface area (Å²) in [6.45, 7) is 3.07. The van der Waals surface area contributed by atoms with Crippen molar-refractivity contribution in [2.45, 2.75) is 31.8 Å². The average Bonchev–Trinajstić information content (AvgIpc) is 3.35. The normalized spacial score (nSPS) is 22.1. The third-order valence-corrected chi connectivity index (χ3v) is 4.75. The maximum atomic E-state index is 6.26. The van der Waals surface area contributed by atoms with Crippen molar-refractivity contribution in [2.24, 2.45) is 0 Å². The lowest BCUT2D eigenvalue weighted by molar-refractivity contribution is -0.188. The first-order chi connectivity index (χ1) is 13.2. The molecule has 0 bridgehead atoms. The summed E-state index contributed by atoms with van der Waals surface area (Å²) in [6.07, 6.45) is 4.10. The first-order valence-electron chi connectivity index (χ1n) is 8.85. The van der Waals surface area contributed by atoms with Gasteiger partial charge in [0.25, 0.3) is 0 Å². The second kappa shape index (κ2) is 7.68. The summed E-state index contributed by atoms with van der Waals surface area (Å²) in [6, 6.07) is 15.0. The molecule has 1 saturated heterocycles. The summed E-state index contributed by atoms with van der Waals surface area (Å²) in [5.74, 6) is 0.568. The molecule has 4 rings (SSSR count). The molecule has 2 heterocycles. The van der Waals surface area contributed by atoms with Gasteiger partial charge in [0.15, 0.2) is 0 Å². The zero-order chi connectivity index (χ0) is 18.7. The number of aromatic nitrogens is 3. The highest BCUT2D eigenvalue weighted by Crippen LogP contribution is 2.37. The van der Waals surface area contributed by atoms with Crippen molar-refractivity contribution in [1.29, 1.82) is 0 Å². The molecule has 0 saturated carbocycles. The fourth-order valence-electron chi connectivity index (χ4n) is 3.03. The van der Waals surface area contributed by atoms with Gasteiger partial charge in [0.2, 0.25) is 5.79 Å². The molecule has 0 amide bonds. The summed E-state index contributed by atoms with van der Waals surface area (Å²) in [5.41, 5.74) is 0.914. The van der Waals surface area contributed by atoms with Crippen LogP contribution in [0.1, 0.15) is 18.9 Å². The molecule has 1 aliphatic rings. The highest BCUT2D eigenvalue weighted by Gasteiger charge is 2.43. The van der Waals surface area contributed by atoms with E-state index in [1.165, 1.54) is 6.33 Å². The Morgan fingerprint density at radius 1 is 1.15 bits per heavy atom. The van der Waals surface area contributed by atoms with E-state index >= 15 is 0 Å². The molecule has 0 aliphatic carbocycles. The first-order valence-corrected chi connectivity index (χ1v) is 9.23. The van der Waals surface area contributed by atoms with E-state index in [0.29, 0.717) is 18.2 Å². The second-order valence-electron chi connectivity index (χ2n) is 6.39. The second-order valence-corrected chi connectivity index (χ2v) is 6.82. The predicted molar refractivity (Wildman–Crippen MR) is 101 cm³/mol. The fraction of sp³-hybridized carbons (Fsp3) is 0.300. The van der Waals surface area contributed by atoms with Crippen LogP contribution in [0.25, 0.3) is 0 Å². The van der Waals surface area contributed by atoms with Crippen LogP contribution in [0.5, 0.6) is 11.5 Å². The number of ether oxygens (including phenoxy) is 3. The van der Waals surface area contributed by atoms with Crippen LogP contribution in [0.2, 0.25) is 5.02 Å². The molecule has 0 radical (unpaired) electrons. The van der Waals surface area contributed by atoms with Gasteiger partial charge in [-0.05, 0) is 55.0 Å². The maximum Gasteiger partial charge on any atom is 0.215 e. The number of halogens is 1. The molecule has 1 aliphatic heterocycles. The highest BCUT2D eigenvalue weighted by molar-refractivity contribution is 6.30. The Balaban J connectivity index is 1.56. The van der Waals surface area contributed by atoms with Crippen LogP contribution >= 0.6 is 11.6 Å². The Morgan fingerprint density at radius 3 is 2.44 bits per heavy atom. The smallest absolute Gasteiger partial charge is 0.215 e. The molecule has 1 fully saturated rings. The summed E-state index contributed by atoms with van der Waals surface area (Å²) in [5, 5.41) is 4.87. The summed E-state index contributed by atoms with van der Waals surface area (Å²) >= 11 is 5.91. The molecule has 27 heavy (non-hydrogen) atoms. The van der Waals surface area contributed by atoms with Gasteiger partial charge in [0, 0.05) is 10.6 Å². The highest BCUT2D eigenvalue weighted by atomic mass is 35.5. The Labute approximate surface area is 162 Å². The molecular weight excluding hydrogens is 366 g/mol. The van der Waals surface area contributed by atoms with E-state index < -0.39 is 5.79 Å². The number of hydrogen-bond donors (Lipinski definition) is 0. The third kappa shape index (κ3) is 3.98. The lowest BCUT2D eigenvalue weighted by Gasteiger charge is -2.28. The van der Waals surface area contributed by atoms with E-state index in [0.717, 1.165) is 23.5 Å². The van der Waals surface area contributed by atoms with Crippen molar-refractivity contribution in [3.8, 4) is 11.5 Å². The third-order valence-electron chi connectivity index (χ3n) is 4.49. The van der Waals surface area contributed by atoms with Gasteiger partial charge >= 0.3 is 0 Å². The van der Waals surface area contributed by atoms with Gasteiger partial charge in [-0.15, -0.1) is 0 Å². The van der Waals surface area contributed by atoms with Crippen LogP contribution in [-0.4, -0.2) is 27.5 Å². The zero-order valence-electron chi connectivity index (χ0n) is 14.9. The van der Waals surface area contributed by atoms with Crippen LogP contribution < -0.4 is 4.74 Å². The van der Waals surface area contributed by atoms with Gasteiger partial charge < -0.3 is 14.2 Å². The number of hydrogen-bond acceptors (Lipinski definition) is 5. The number of benzene rings is 2. The molecule has 3 aromatic rings. The van der Waals surface area contributed by atoms with Crippen LogP contribution in [0.15, 0.2) is 61.2 Å². The number of nitrogens with zero attached hydrogens (tertiary/aromatic N) is 3. The first kappa shape index (κ1) is 18.0. The molecule has 6 nitrogen and oxygen atoms in total. The van der Waals surface area contributed by atoms with E-state index in [9.17, 15) is 0 Å². The van der Waals surface area contributed by atoms with E-state index in [4.69, 9.17) is 25.8 Å². The van der Waals surface area contributed by atoms with Gasteiger partial charge in [-0.3, -0.25) is 0 Å². The lowest BCUT2D eigenvalue weighted by atomic mass is 10.1. The summed E-state index contributed by atoms with van der Waals surface area (Å²) < 4.78 is 20.0. The average molecular weight is 386 g/mol. The van der Waals surface area contributed by atoms with Crippen molar-refractivity contribution in [1.82, 2.24) is 14.8 Å². The zero-order valence-corrected chi connectivity index (χ0v) is 15.7. The monoisotopic (exact) mass is 385 g/mol. The molecule has 0 N–H and O–H groups in total. The van der Waals surface area contributed by atoms with Gasteiger partial charge in [0.05, 0.1) is 12.7 Å². The van der Waals surface area contributed by atoms with Crippen molar-refractivity contribution >= 4 is 11.6 Å². The molecule has 2 atom stereocenters. The van der Waals surface area contributed by atoms with E-state index in [1.807, 2.05) is 36.4 Å². The van der Waals surface area contributed by atoms with Gasteiger partial charge in [-0.2, -0.15) is 5.10 Å². The predicted octanol–water partition coefficient (Wildman–Crippen LogP) is 4.40. The van der Waals surface area contributed by atoms with E-state index in [-0.39, 0.29) is 6.10 Å². The minimum atomic E-state index is -0.882. The van der Waals surface area contributed by atoms with Crippen LogP contribution in [0, 0.1) is 0 Å². The van der Waals surface area contributed by atoms with Gasteiger partial charge in [-0.1, -0.05) is 18.5 Å². The fourth-order valence-corrected chi connectivity index (χ4v) is 3.16. The molecular formula is C20H20ClN3O3. The Hall–Kier alpha value is -2.41. The molecule has 2 unspecified atom stereocenters. The van der Waals surface area contributed by atoms with Crippen molar-refractivity contribution in [3.05, 3.63) is 71.8 Å². The SMILES string of the molecule is CCC1COC(Cn2cncn2)(c2ccc(Oc3ccc(Cl)cc3)cc2)O1. The van der Waals surface area contributed by atoms with Crippen LogP contribution in [-0.2, 0) is 21.8 Å². The van der Waals surface area contributed by atoms with Crippen molar-refractivity contribution < 1.29 is 14.2 Å². The van der Waals surface area contributed by atoms with E-state index in [2.05, 4.69) is 17.0 Å². The minimum absolute atomic E-state index is 0.0542. The Morgan fingerprint density at radius 2 is 1.85 bits per heavy atom. The quantitative estimate of drug-likeness (QED) is 0.629. The van der Waals surface area contributed by atoms with Gasteiger partial charge in [0.1, 0.15) is 30.7 Å². The largest absolute Gasteiger partial charge is 0.457 e. The van der Waals surface area contributed by atoms with E-state index in [1.54, 1.807) is 23.1 Å². The Kier molecular flexibility index (Phi) is 5.11. The number of rotatable bonds is 6. The van der Waals surface area contributed by atoms with Crippen LogP contribution in [0.4, 0.5) is 0 Å². The van der Waals surface area contributed by atoms with Crippen LogP contribution in [0.3, 0.4) is 0 Å². The molecule has 7 heteroatoms. The van der Waals surface area contributed by atoms with Gasteiger partial charge in [-0.25, -0.2) is 9.67 Å². The Bertz CT molecular complexity index is 869. The minimum Gasteiger partial charge on any atom is -0.457 e. The molecule has 0 spiro atoms. The topological polar surface area (TPSA) is 58.4 Å². The summed E-state index contributed by atoms with van der Waals surface area (Å²) in [7, 11) is 0. The summed E-state index contributed by atoms with van der Waals surface area (Å²) in [4.78, 5) is 4.01. The van der Waals surface area contributed by atoms with Crippen molar-refractivity contribution in [2.75, 3.05) is 6.61 Å². The molecule has 140 valence electrons.